The number of carbonyl (C=O) groups excluding carboxylic acids is 1. The highest BCUT2D eigenvalue weighted by atomic mass is 16.5. The zero-order valence-corrected chi connectivity index (χ0v) is 11.0. The lowest BCUT2D eigenvalue weighted by Gasteiger charge is -2.31. The molecule has 0 aromatic rings. The number of Topliss-reactive ketones (excluding diaryl/α,β-unsaturated/α-hetero) is 1. The molecular weight excluding hydrogens is 212 g/mol. The van der Waals surface area contributed by atoms with Gasteiger partial charge in [-0.05, 0) is 69.1 Å². The summed E-state index contributed by atoms with van der Waals surface area (Å²) in [5.74, 6) is 4.62. The van der Waals surface area contributed by atoms with Crippen molar-refractivity contribution in [3.63, 3.8) is 0 Å². The smallest absolute Gasteiger partial charge is 0.130 e. The van der Waals surface area contributed by atoms with Crippen molar-refractivity contribution in [2.45, 2.75) is 52.1 Å². The van der Waals surface area contributed by atoms with E-state index in [2.05, 4.69) is 6.92 Å². The number of ketones is 1. The second kappa shape index (κ2) is 4.38. The highest BCUT2D eigenvalue weighted by molar-refractivity contribution is 5.75. The van der Waals surface area contributed by atoms with Crippen molar-refractivity contribution in [3.8, 4) is 0 Å². The third-order valence-electron chi connectivity index (χ3n) is 5.46. The fourth-order valence-corrected chi connectivity index (χ4v) is 5.10. The Balaban J connectivity index is 1.64. The van der Waals surface area contributed by atoms with Crippen LogP contribution in [0.15, 0.2) is 0 Å². The summed E-state index contributed by atoms with van der Waals surface area (Å²) in [7, 11) is 0. The van der Waals surface area contributed by atoms with Crippen LogP contribution in [0.3, 0.4) is 0 Å². The van der Waals surface area contributed by atoms with Crippen molar-refractivity contribution in [3.05, 3.63) is 0 Å². The molecule has 3 saturated carbocycles. The fourth-order valence-electron chi connectivity index (χ4n) is 5.10. The summed E-state index contributed by atoms with van der Waals surface area (Å²) in [6, 6.07) is 0. The molecule has 0 aromatic heterocycles. The first kappa shape index (κ1) is 11.7. The van der Waals surface area contributed by atoms with E-state index in [1.807, 2.05) is 0 Å². The third kappa shape index (κ3) is 1.95. The van der Waals surface area contributed by atoms with Crippen molar-refractivity contribution >= 4 is 5.78 Å². The zero-order valence-electron chi connectivity index (χ0n) is 11.0. The molecule has 2 bridgehead atoms. The van der Waals surface area contributed by atoms with Crippen LogP contribution in [0, 0.1) is 29.6 Å². The number of hydrogen-bond donors (Lipinski definition) is 0. The Morgan fingerprint density at radius 2 is 1.88 bits per heavy atom. The Labute approximate surface area is 104 Å². The molecule has 3 aliphatic rings. The van der Waals surface area contributed by atoms with Crippen LogP contribution in [0.25, 0.3) is 0 Å². The van der Waals surface area contributed by atoms with Crippen molar-refractivity contribution in [1.82, 2.24) is 0 Å². The standard InChI is InChI=1S/C15H24O2/c1-3-17-15-8-11-7-14(15)13-6-10(4-9(2)16)5-12(11)13/h10-15H,3-8H2,1-2H3. The molecular formula is C15H24O2. The lowest BCUT2D eigenvalue weighted by atomic mass is 9.80. The average molecular weight is 236 g/mol. The molecule has 0 amide bonds. The van der Waals surface area contributed by atoms with Crippen molar-refractivity contribution < 1.29 is 9.53 Å². The molecule has 0 N–H and O–H groups in total. The molecule has 2 nitrogen and oxygen atoms in total. The van der Waals surface area contributed by atoms with Crippen LogP contribution in [0.4, 0.5) is 0 Å². The van der Waals surface area contributed by atoms with E-state index in [1.165, 1.54) is 25.7 Å². The monoisotopic (exact) mass is 236 g/mol. The van der Waals surface area contributed by atoms with Crippen LogP contribution in [0.5, 0.6) is 0 Å². The summed E-state index contributed by atoms with van der Waals surface area (Å²) in [5.41, 5.74) is 0. The normalized spacial score (nSPS) is 47.4. The Bertz CT molecular complexity index is 312. The first-order valence-corrected chi connectivity index (χ1v) is 7.30. The second-order valence-corrected chi connectivity index (χ2v) is 6.46. The fraction of sp³-hybridized carbons (Fsp3) is 0.933. The van der Waals surface area contributed by atoms with E-state index in [0.29, 0.717) is 17.8 Å². The highest BCUT2D eigenvalue weighted by Crippen LogP contribution is 2.61. The van der Waals surface area contributed by atoms with Crippen LogP contribution in [0.1, 0.15) is 46.0 Å². The van der Waals surface area contributed by atoms with Crippen LogP contribution in [0.2, 0.25) is 0 Å². The van der Waals surface area contributed by atoms with Gasteiger partial charge in [0.15, 0.2) is 0 Å². The first-order chi connectivity index (χ1) is 8.19. The van der Waals surface area contributed by atoms with E-state index in [4.69, 9.17) is 4.74 Å². The van der Waals surface area contributed by atoms with Gasteiger partial charge in [0.2, 0.25) is 0 Å². The van der Waals surface area contributed by atoms with E-state index in [1.54, 1.807) is 6.92 Å². The first-order valence-electron chi connectivity index (χ1n) is 7.30. The summed E-state index contributed by atoms with van der Waals surface area (Å²) in [4.78, 5) is 11.2. The van der Waals surface area contributed by atoms with E-state index < -0.39 is 0 Å². The van der Waals surface area contributed by atoms with Gasteiger partial charge in [-0.1, -0.05) is 0 Å². The second-order valence-electron chi connectivity index (χ2n) is 6.46. The predicted octanol–water partition coefficient (Wildman–Crippen LogP) is 3.05. The Morgan fingerprint density at radius 3 is 2.59 bits per heavy atom. The van der Waals surface area contributed by atoms with Crippen molar-refractivity contribution in [2.24, 2.45) is 29.6 Å². The maximum atomic E-state index is 11.2. The molecule has 0 radical (unpaired) electrons. The summed E-state index contributed by atoms with van der Waals surface area (Å²) in [5, 5.41) is 0. The highest BCUT2D eigenvalue weighted by Gasteiger charge is 2.56. The topological polar surface area (TPSA) is 26.3 Å². The van der Waals surface area contributed by atoms with Crippen LogP contribution in [-0.2, 0) is 9.53 Å². The number of carbonyl (C=O) groups is 1. The van der Waals surface area contributed by atoms with Gasteiger partial charge in [-0.3, -0.25) is 0 Å². The molecule has 0 aromatic carbocycles. The van der Waals surface area contributed by atoms with Crippen LogP contribution < -0.4 is 0 Å². The molecule has 3 fully saturated rings. The maximum Gasteiger partial charge on any atom is 0.130 e. The van der Waals surface area contributed by atoms with Gasteiger partial charge < -0.3 is 9.53 Å². The van der Waals surface area contributed by atoms with Crippen LogP contribution in [-0.4, -0.2) is 18.5 Å². The summed E-state index contributed by atoms with van der Waals surface area (Å²) in [6.07, 6.45) is 6.70. The zero-order chi connectivity index (χ0) is 12.0. The van der Waals surface area contributed by atoms with Gasteiger partial charge in [0.1, 0.15) is 5.78 Å². The molecule has 0 saturated heterocycles. The lowest BCUT2D eigenvalue weighted by Crippen LogP contribution is -2.30. The molecule has 0 aliphatic heterocycles. The third-order valence-corrected chi connectivity index (χ3v) is 5.46. The molecule has 6 atom stereocenters. The van der Waals surface area contributed by atoms with Gasteiger partial charge in [-0.25, -0.2) is 0 Å². The van der Waals surface area contributed by atoms with Gasteiger partial charge in [-0.2, -0.15) is 0 Å². The molecule has 0 spiro atoms. The molecule has 96 valence electrons. The largest absolute Gasteiger partial charge is 0.378 e. The van der Waals surface area contributed by atoms with Crippen molar-refractivity contribution in [1.29, 1.82) is 0 Å². The Kier molecular flexibility index (Phi) is 3.02. The van der Waals surface area contributed by atoms with Crippen molar-refractivity contribution in [2.75, 3.05) is 6.61 Å². The van der Waals surface area contributed by atoms with E-state index in [0.717, 1.165) is 36.7 Å². The minimum absolute atomic E-state index is 0.378. The van der Waals surface area contributed by atoms with Gasteiger partial charge >= 0.3 is 0 Å². The minimum Gasteiger partial charge on any atom is -0.378 e. The Hall–Kier alpha value is -0.370. The number of rotatable bonds is 4. The number of fused-ring (bicyclic) bond motifs is 5. The number of hydrogen-bond acceptors (Lipinski definition) is 2. The molecule has 3 rings (SSSR count). The molecule has 6 unspecified atom stereocenters. The maximum absolute atomic E-state index is 11.2. The molecule has 17 heavy (non-hydrogen) atoms. The lowest BCUT2D eigenvalue weighted by molar-refractivity contribution is -0.117. The van der Waals surface area contributed by atoms with Gasteiger partial charge in [0.05, 0.1) is 6.10 Å². The number of ether oxygens (including phenoxy) is 1. The van der Waals surface area contributed by atoms with E-state index in [-0.39, 0.29) is 0 Å². The molecule has 3 aliphatic carbocycles. The summed E-state index contributed by atoms with van der Waals surface area (Å²) in [6.45, 7) is 4.71. The molecule has 0 heterocycles. The minimum atomic E-state index is 0.378. The summed E-state index contributed by atoms with van der Waals surface area (Å²) < 4.78 is 5.89. The summed E-state index contributed by atoms with van der Waals surface area (Å²) >= 11 is 0. The molecule has 2 heteroatoms. The van der Waals surface area contributed by atoms with Gasteiger partial charge in [0, 0.05) is 13.0 Å². The SMILES string of the molecule is CCOC1CC2CC1C1CC(CC(C)=O)CC21. The average Bonchev–Trinajstić information content (AvgIpc) is 2.86. The Morgan fingerprint density at radius 1 is 1.12 bits per heavy atom. The van der Waals surface area contributed by atoms with Gasteiger partial charge in [0.25, 0.3) is 0 Å². The van der Waals surface area contributed by atoms with Gasteiger partial charge in [-0.15, -0.1) is 0 Å². The predicted molar refractivity (Wildman–Crippen MR) is 66.6 cm³/mol. The van der Waals surface area contributed by atoms with Crippen LogP contribution >= 0.6 is 0 Å². The van der Waals surface area contributed by atoms with E-state index in [9.17, 15) is 4.79 Å². The van der Waals surface area contributed by atoms with E-state index >= 15 is 0 Å². The quantitative estimate of drug-likeness (QED) is 0.750.